The van der Waals surface area contributed by atoms with Crippen molar-refractivity contribution in [2.45, 2.75) is 45.8 Å². The Kier molecular flexibility index (Phi) is 7.53. The zero-order valence-corrected chi connectivity index (χ0v) is 12.6. The summed E-state index contributed by atoms with van der Waals surface area (Å²) in [7, 11) is 1.73. The van der Waals surface area contributed by atoms with Gasteiger partial charge in [-0.3, -0.25) is 0 Å². The van der Waals surface area contributed by atoms with Crippen LogP contribution in [-0.4, -0.2) is 26.4 Å². The second-order valence-electron chi connectivity index (χ2n) is 4.90. The molecule has 0 aromatic heterocycles. The van der Waals surface area contributed by atoms with Crippen LogP contribution in [0.4, 0.5) is 0 Å². The van der Waals surface area contributed by atoms with Crippen LogP contribution in [0.25, 0.3) is 0 Å². The average molecular weight is 265 g/mol. The zero-order chi connectivity index (χ0) is 14.1. The molecule has 0 saturated heterocycles. The molecular weight excluding hydrogens is 238 g/mol. The number of para-hydroxylation sites is 1. The van der Waals surface area contributed by atoms with Gasteiger partial charge in [0.2, 0.25) is 0 Å². The molecule has 19 heavy (non-hydrogen) atoms. The van der Waals surface area contributed by atoms with Crippen molar-refractivity contribution in [1.82, 2.24) is 5.32 Å². The lowest BCUT2D eigenvalue weighted by atomic mass is 10.1. The van der Waals surface area contributed by atoms with Crippen molar-refractivity contribution in [3.05, 3.63) is 29.8 Å². The van der Waals surface area contributed by atoms with E-state index in [1.165, 1.54) is 5.56 Å². The Labute approximate surface area is 117 Å². The molecule has 3 nitrogen and oxygen atoms in total. The van der Waals surface area contributed by atoms with Crippen LogP contribution in [0.2, 0.25) is 0 Å². The van der Waals surface area contributed by atoms with E-state index in [1.54, 1.807) is 7.11 Å². The number of methoxy groups -OCH3 is 1. The molecule has 1 aromatic carbocycles. The molecule has 0 aliphatic heterocycles. The van der Waals surface area contributed by atoms with Gasteiger partial charge in [-0.1, -0.05) is 25.1 Å². The van der Waals surface area contributed by atoms with Gasteiger partial charge in [-0.05, 0) is 39.3 Å². The van der Waals surface area contributed by atoms with Gasteiger partial charge in [0.25, 0.3) is 0 Å². The summed E-state index contributed by atoms with van der Waals surface area (Å²) in [6.45, 7) is 8.16. The highest BCUT2D eigenvalue weighted by Gasteiger charge is 2.12. The number of rotatable bonds is 9. The molecule has 2 atom stereocenters. The predicted molar refractivity (Wildman–Crippen MR) is 79.7 cm³/mol. The van der Waals surface area contributed by atoms with Gasteiger partial charge in [-0.15, -0.1) is 0 Å². The zero-order valence-electron chi connectivity index (χ0n) is 12.6. The van der Waals surface area contributed by atoms with Crippen molar-refractivity contribution >= 4 is 0 Å². The number of hydrogen-bond donors (Lipinski definition) is 1. The predicted octanol–water partition coefficient (Wildman–Crippen LogP) is 3.55. The van der Waals surface area contributed by atoms with E-state index >= 15 is 0 Å². The summed E-state index contributed by atoms with van der Waals surface area (Å²) in [5, 5.41) is 3.51. The first-order valence-electron chi connectivity index (χ1n) is 7.17. The molecule has 1 aromatic rings. The summed E-state index contributed by atoms with van der Waals surface area (Å²) in [6, 6.07) is 8.56. The van der Waals surface area contributed by atoms with E-state index in [1.807, 2.05) is 6.07 Å². The normalized spacial score (nSPS) is 14.1. The largest absolute Gasteiger partial charge is 0.490 e. The lowest BCUT2D eigenvalue weighted by molar-refractivity contribution is 0.193. The summed E-state index contributed by atoms with van der Waals surface area (Å²) < 4.78 is 11.0. The third kappa shape index (κ3) is 5.62. The quantitative estimate of drug-likeness (QED) is 0.693. The van der Waals surface area contributed by atoms with E-state index in [2.05, 4.69) is 44.3 Å². The highest BCUT2D eigenvalue weighted by atomic mass is 16.5. The Bertz CT molecular complexity index is 354. The van der Waals surface area contributed by atoms with E-state index in [-0.39, 0.29) is 12.1 Å². The highest BCUT2D eigenvalue weighted by Crippen LogP contribution is 2.26. The molecule has 1 rings (SSSR count). The molecule has 0 heterocycles. The van der Waals surface area contributed by atoms with Gasteiger partial charge in [-0.2, -0.15) is 0 Å². The summed E-state index contributed by atoms with van der Waals surface area (Å²) in [4.78, 5) is 0. The van der Waals surface area contributed by atoms with E-state index in [0.717, 1.165) is 31.7 Å². The molecule has 1 N–H and O–H groups in total. The Morgan fingerprint density at radius 2 is 1.95 bits per heavy atom. The van der Waals surface area contributed by atoms with Crippen LogP contribution < -0.4 is 10.1 Å². The van der Waals surface area contributed by atoms with E-state index in [0.29, 0.717) is 0 Å². The molecule has 3 heteroatoms. The first-order valence-corrected chi connectivity index (χ1v) is 7.17. The molecule has 0 radical (unpaired) electrons. The van der Waals surface area contributed by atoms with Crippen LogP contribution in [0.15, 0.2) is 24.3 Å². The average Bonchev–Trinajstić information content (AvgIpc) is 2.43. The lowest BCUT2D eigenvalue weighted by Crippen LogP contribution is -2.22. The van der Waals surface area contributed by atoms with Crippen LogP contribution >= 0.6 is 0 Å². The van der Waals surface area contributed by atoms with E-state index < -0.39 is 0 Å². The summed E-state index contributed by atoms with van der Waals surface area (Å²) in [6.07, 6.45) is 2.29. The number of hydrogen-bond acceptors (Lipinski definition) is 3. The molecular formula is C16H27NO2. The fourth-order valence-electron chi connectivity index (χ4n) is 1.89. The van der Waals surface area contributed by atoms with Crippen molar-refractivity contribution in [2.75, 3.05) is 20.3 Å². The molecule has 108 valence electrons. The molecule has 0 bridgehead atoms. The van der Waals surface area contributed by atoms with Crippen molar-refractivity contribution in [2.24, 2.45) is 0 Å². The van der Waals surface area contributed by atoms with Crippen molar-refractivity contribution in [1.29, 1.82) is 0 Å². The van der Waals surface area contributed by atoms with Crippen LogP contribution in [-0.2, 0) is 4.74 Å². The molecule has 0 aliphatic rings. The highest BCUT2D eigenvalue weighted by molar-refractivity contribution is 5.35. The van der Waals surface area contributed by atoms with Gasteiger partial charge in [0.15, 0.2) is 0 Å². The molecule has 0 spiro atoms. The second kappa shape index (κ2) is 8.94. The van der Waals surface area contributed by atoms with Crippen LogP contribution in [0.3, 0.4) is 0 Å². The van der Waals surface area contributed by atoms with E-state index in [9.17, 15) is 0 Å². The summed E-state index contributed by atoms with van der Waals surface area (Å²) in [5.41, 5.74) is 1.22. The minimum absolute atomic E-state index is 0.252. The maximum atomic E-state index is 5.98. The Hall–Kier alpha value is -1.06. The first kappa shape index (κ1) is 16.0. The molecule has 0 unspecified atom stereocenters. The van der Waals surface area contributed by atoms with Gasteiger partial charge < -0.3 is 14.8 Å². The smallest absolute Gasteiger partial charge is 0.124 e. The fraction of sp³-hybridized carbons (Fsp3) is 0.625. The van der Waals surface area contributed by atoms with Gasteiger partial charge >= 0.3 is 0 Å². The number of ether oxygens (including phenoxy) is 2. The Morgan fingerprint density at radius 1 is 1.21 bits per heavy atom. The molecule has 0 saturated carbocycles. The Morgan fingerprint density at radius 3 is 2.63 bits per heavy atom. The van der Waals surface area contributed by atoms with Crippen molar-refractivity contribution in [3.63, 3.8) is 0 Å². The number of benzene rings is 1. The maximum Gasteiger partial charge on any atom is 0.124 e. The SMILES string of the molecule is CC[C@H](C)Oc1ccccc1[C@@H](C)NCCCOC. The molecule has 0 amide bonds. The van der Waals surface area contributed by atoms with Crippen LogP contribution in [0.5, 0.6) is 5.75 Å². The molecule has 0 fully saturated rings. The number of nitrogens with one attached hydrogen (secondary N) is 1. The monoisotopic (exact) mass is 265 g/mol. The van der Waals surface area contributed by atoms with Gasteiger partial charge in [0.05, 0.1) is 6.10 Å². The molecule has 0 aliphatic carbocycles. The third-order valence-electron chi connectivity index (χ3n) is 3.26. The fourth-order valence-corrected chi connectivity index (χ4v) is 1.89. The third-order valence-corrected chi connectivity index (χ3v) is 3.26. The first-order chi connectivity index (χ1) is 9.19. The van der Waals surface area contributed by atoms with Gasteiger partial charge in [0.1, 0.15) is 5.75 Å². The Balaban J connectivity index is 2.59. The summed E-state index contributed by atoms with van der Waals surface area (Å²) >= 11 is 0. The topological polar surface area (TPSA) is 30.5 Å². The van der Waals surface area contributed by atoms with Crippen LogP contribution in [0, 0.1) is 0 Å². The van der Waals surface area contributed by atoms with Gasteiger partial charge in [-0.25, -0.2) is 0 Å². The van der Waals surface area contributed by atoms with Gasteiger partial charge in [0, 0.05) is 25.3 Å². The standard InChI is InChI=1S/C16H27NO2/c1-5-13(2)19-16-10-7-6-9-15(16)14(3)17-11-8-12-18-4/h6-7,9-10,13-14,17H,5,8,11-12H2,1-4H3/t13-,14+/m0/s1. The summed E-state index contributed by atoms with van der Waals surface area (Å²) in [5.74, 6) is 0.989. The second-order valence-corrected chi connectivity index (χ2v) is 4.90. The lowest BCUT2D eigenvalue weighted by Gasteiger charge is -2.20. The van der Waals surface area contributed by atoms with Crippen molar-refractivity contribution in [3.8, 4) is 5.75 Å². The van der Waals surface area contributed by atoms with Crippen LogP contribution in [0.1, 0.15) is 45.2 Å². The van der Waals surface area contributed by atoms with Crippen molar-refractivity contribution < 1.29 is 9.47 Å². The van der Waals surface area contributed by atoms with E-state index in [4.69, 9.17) is 9.47 Å². The minimum atomic E-state index is 0.252. The maximum absolute atomic E-state index is 5.98. The minimum Gasteiger partial charge on any atom is -0.490 e.